The van der Waals surface area contributed by atoms with Crippen molar-refractivity contribution in [3.05, 3.63) is 77.6 Å². The summed E-state index contributed by atoms with van der Waals surface area (Å²) in [4.78, 5) is 21.1. The summed E-state index contributed by atoms with van der Waals surface area (Å²) in [6.45, 7) is 6.34. The van der Waals surface area contributed by atoms with Gasteiger partial charge >= 0.3 is 0 Å². The smallest absolute Gasteiger partial charge is 0.258 e. The Morgan fingerprint density at radius 1 is 0.963 bits per heavy atom. The predicted octanol–water partition coefficient (Wildman–Crippen LogP) is 5.16. The van der Waals surface area contributed by atoms with Crippen LogP contribution in [0.2, 0.25) is 0 Å². The molecule has 1 heterocycles. The second-order valence-corrected chi connectivity index (χ2v) is 6.63. The maximum Gasteiger partial charge on any atom is 0.258 e. The molecule has 0 atom stereocenters. The lowest BCUT2D eigenvalue weighted by Gasteiger charge is -2.13. The van der Waals surface area contributed by atoms with Crippen LogP contribution in [0.5, 0.6) is 0 Å². The molecule has 3 rings (SSSR count). The number of hydrogen-bond donors (Lipinski definition) is 2. The third-order valence-electron chi connectivity index (χ3n) is 4.39. The van der Waals surface area contributed by atoms with Crippen molar-refractivity contribution in [2.75, 3.05) is 10.6 Å². The number of amides is 1. The van der Waals surface area contributed by atoms with Crippen LogP contribution in [0.25, 0.3) is 0 Å². The molecule has 27 heavy (non-hydrogen) atoms. The van der Waals surface area contributed by atoms with Crippen molar-refractivity contribution >= 4 is 23.2 Å². The lowest BCUT2D eigenvalue weighted by atomic mass is 10.0. The molecule has 0 saturated carbocycles. The molecule has 5 heteroatoms. The van der Waals surface area contributed by atoms with Crippen LogP contribution < -0.4 is 10.6 Å². The van der Waals surface area contributed by atoms with E-state index in [1.54, 1.807) is 0 Å². The van der Waals surface area contributed by atoms with Crippen LogP contribution in [-0.4, -0.2) is 15.9 Å². The lowest BCUT2D eigenvalue weighted by molar-refractivity contribution is 0.102. The van der Waals surface area contributed by atoms with Crippen molar-refractivity contribution in [3.63, 3.8) is 0 Å². The summed E-state index contributed by atoms with van der Waals surface area (Å²) in [5.41, 5.74) is 4.50. The molecule has 0 radical (unpaired) electrons. The van der Waals surface area contributed by atoms with Crippen LogP contribution >= 0.6 is 0 Å². The molecule has 1 aromatic heterocycles. The van der Waals surface area contributed by atoms with Crippen molar-refractivity contribution in [1.82, 2.24) is 9.97 Å². The van der Waals surface area contributed by atoms with Gasteiger partial charge in [0.1, 0.15) is 0 Å². The highest BCUT2D eigenvalue weighted by Gasteiger charge is 2.11. The van der Waals surface area contributed by atoms with Gasteiger partial charge in [0.2, 0.25) is 5.95 Å². The van der Waals surface area contributed by atoms with Crippen molar-refractivity contribution < 1.29 is 4.79 Å². The minimum Gasteiger partial charge on any atom is -0.324 e. The highest BCUT2D eigenvalue weighted by molar-refractivity contribution is 6.04. The van der Waals surface area contributed by atoms with Gasteiger partial charge in [0, 0.05) is 23.8 Å². The summed E-state index contributed by atoms with van der Waals surface area (Å²) in [7, 11) is 0. The minimum absolute atomic E-state index is 0.218. The highest BCUT2D eigenvalue weighted by atomic mass is 16.1. The molecular weight excluding hydrogens is 336 g/mol. The fourth-order valence-electron chi connectivity index (χ4n) is 2.89. The number of anilines is 3. The van der Waals surface area contributed by atoms with Crippen LogP contribution in [0.1, 0.15) is 48.2 Å². The normalized spacial score (nSPS) is 10.7. The van der Waals surface area contributed by atoms with E-state index in [9.17, 15) is 4.79 Å². The molecule has 1 amide bonds. The van der Waals surface area contributed by atoms with E-state index in [0.29, 0.717) is 17.4 Å². The quantitative estimate of drug-likeness (QED) is 0.637. The predicted molar refractivity (Wildman–Crippen MR) is 110 cm³/mol. The van der Waals surface area contributed by atoms with E-state index < -0.39 is 0 Å². The molecule has 2 aromatic carbocycles. The zero-order chi connectivity index (χ0) is 19.2. The standard InChI is InChI=1S/C22H24N4O/c1-4-16-9-5-7-11-19(16)25-21(27)17-13-23-22(24-14-17)26-20-12-8-6-10-18(20)15(2)3/h5-15H,4H2,1-3H3,(H,25,27)(H,23,24,26). The Bertz CT molecular complexity index is 920. The SMILES string of the molecule is CCc1ccccc1NC(=O)c1cnc(Nc2ccccc2C(C)C)nc1. The fourth-order valence-corrected chi connectivity index (χ4v) is 2.89. The molecule has 2 N–H and O–H groups in total. The van der Waals surface area contributed by atoms with E-state index >= 15 is 0 Å². The zero-order valence-corrected chi connectivity index (χ0v) is 15.9. The Kier molecular flexibility index (Phi) is 5.81. The Balaban J connectivity index is 1.73. The van der Waals surface area contributed by atoms with Crippen molar-refractivity contribution in [3.8, 4) is 0 Å². The molecule has 0 spiro atoms. The van der Waals surface area contributed by atoms with E-state index in [0.717, 1.165) is 23.4 Å². The van der Waals surface area contributed by atoms with Gasteiger partial charge in [-0.2, -0.15) is 0 Å². The molecule has 0 aliphatic rings. The maximum absolute atomic E-state index is 12.5. The molecule has 0 saturated heterocycles. The molecule has 0 bridgehead atoms. The monoisotopic (exact) mass is 360 g/mol. The summed E-state index contributed by atoms with van der Waals surface area (Å²) in [6, 6.07) is 15.9. The summed E-state index contributed by atoms with van der Waals surface area (Å²) in [5, 5.41) is 6.17. The molecule has 138 valence electrons. The first kappa shape index (κ1) is 18.6. The Morgan fingerprint density at radius 2 is 1.59 bits per heavy atom. The number of nitrogens with zero attached hydrogens (tertiary/aromatic N) is 2. The number of aryl methyl sites for hydroxylation is 1. The molecule has 0 unspecified atom stereocenters. The number of para-hydroxylation sites is 2. The van der Waals surface area contributed by atoms with Gasteiger partial charge in [-0.15, -0.1) is 0 Å². The number of nitrogens with one attached hydrogen (secondary N) is 2. The number of aromatic nitrogens is 2. The number of benzene rings is 2. The van der Waals surface area contributed by atoms with Crippen LogP contribution in [0, 0.1) is 0 Å². The van der Waals surface area contributed by atoms with Gasteiger partial charge in [-0.3, -0.25) is 4.79 Å². The first-order valence-corrected chi connectivity index (χ1v) is 9.15. The van der Waals surface area contributed by atoms with Crippen LogP contribution in [0.4, 0.5) is 17.3 Å². The van der Waals surface area contributed by atoms with Gasteiger partial charge in [0.25, 0.3) is 5.91 Å². The second kappa shape index (κ2) is 8.45. The average molecular weight is 360 g/mol. The number of rotatable bonds is 6. The van der Waals surface area contributed by atoms with Gasteiger partial charge in [-0.1, -0.05) is 57.2 Å². The van der Waals surface area contributed by atoms with E-state index in [1.165, 1.54) is 18.0 Å². The van der Waals surface area contributed by atoms with E-state index in [2.05, 4.69) is 47.4 Å². The van der Waals surface area contributed by atoms with Crippen molar-refractivity contribution in [2.45, 2.75) is 33.1 Å². The maximum atomic E-state index is 12.5. The fraction of sp³-hybridized carbons (Fsp3) is 0.227. The summed E-state index contributed by atoms with van der Waals surface area (Å²) in [6.07, 6.45) is 3.93. The molecule has 5 nitrogen and oxygen atoms in total. The summed E-state index contributed by atoms with van der Waals surface area (Å²) >= 11 is 0. The molecular formula is C22H24N4O. The van der Waals surface area contributed by atoms with E-state index in [-0.39, 0.29) is 5.91 Å². The van der Waals surface area contributed by atoms with Gasteiger partial charge in [0.15, 0.2) is 0 Å². The molecule has 3 aromatic rings. The highest BCUT2D eigenvalue weighted by Crippen LogP contribution is 2.25. The van der Waals surface area contributed by atoms with Gasteiger partial charge in [-0.25, -0.2) is 9.97 Å². The molecule has 0 aliphatic carbocycles. The van der Waals surface area contributed by atoms with E-state index in [1.807, 2.05) is 42.5 Å². The van der Waals surface area contributed by atoms with Gasteiger partial charge in [0.05, 0.1) is 5.56 Å². The van der Waals surface area contributed by atoms with Gasteiger partial charge in [-0.05, 0) is 35.6 Å². The summed E-state index contributed by atoms with van der Waals surface area (Å²) < 4.78 is 0. The van der Waals surface area contributed by atoms with Crippen molar-refractivity contribution in [1.29, 1.82) is 0 Å². The van der Waals surface area contributed by atoms with E-state index in [4.69, 9.17) is 0 Å². The molecule has 0 aliphatic heterocycles. The van der Waals surface area contributed by atoms with Crippen LogP contribution in [0.15, 0.2) is 60.9 Å². The Morgan fingerprint density at radius 3 is 2.26 bits per heavy atom. The van der Waals surface area contributed by atoms with Crippen LogP contribution in [0.3, 0.4) is 0 Å². The number of hydrogen-bond acceptors (Lipinski definition) is 4. The third kappa shape index (κ3) is 4.50. The molecule has 0 fully saturated rings. The van der Waals surface area contributed by atoms with Crippen molar-refractivity contribution in [2.24, 2.45) is 0 Å². The third-order valence-corrected chi connectivity index (χ3v) is 4.39. The first-order valence-electron chi connectivity index (χ1n) is 9.15. The van der Waals surface area contributed by atoms with Crippen LogP contribution in [-0.2, 0) is 6.42 Å². The minimum atomic E-state index is -0.218. The number of carbonyl (C=O) groups is 1. The lowest BCUT2D eigenvalue weighted by Crippen LogP contribution is -2.14. The Labute approximate surface area is 159 Å². The zero-order valence-electron chi connectivity index (χ0n) is 15.9. The Hall–Kier alpha value is -3.21. The number of carbonyl (C=O) groups excluding carboxylic acids is 1. The topological polar surface area (TPSA) is 66.9 Å². The second-order valence-electron chi connectivity index (χ2n) is 6.63. The largest absolute Gasteiger partial charge is 0.324 e. The summed E-state index contributed by atoms with van der Waals surface area (Å²) in [5.74, 6) is 0.635. The average Bonchev–Trinajstić information content (AvgIpc) is 2.69. The van der Waals surface area contributed by atoms with Gasteiger partial charge < -0.3 is 10.6 Å². The first-order chi connectivity index (χ1) is 13.1.